The summed E-state index contributed by atoms with van der Waals surface area (Å²) in [6.07, 6.45) is 1.29. The molecule has 0 aromatic carbocycles. The van der Waals surface area contributed by atoms with E-state index in [-0.39, 0.29) is 11.8 Å². The Hall–Kier alpha value is -1.10. The number of rotatable bonds is 6. The monoisotopic (exact) mass is 270 g/mol. The number of carboxylic acid groups (broad SMARTS) is 1. The van der Waals surface area contributed by atoms with E-state index in [1.807, 2.05) is 14.0 Å². The van der Waals surface area contributed by atoms with Gasteiger partial charge in [0, 0.05) is 19.1 Å². The Morgan fingerprint density at radius 3 is 2.42 bits per heavy atom. The molecule has 0 aliphatic heterocycles. The van der Waals surface area contributed by atoms with Crippen LogP contribution in [-0.2, 0) is 9.59 Å². The van der Waals surface area contributed by atoms with E-state index >= 15 is 0 Å². The van der Waals surface area contributed by atoms with Crippen molar-refractivity contribution in [2.24, 2.45) is 17.8 Å². The minimum Gasteiger partial charge on any atom is -0.481 e. The molecule has 1 amide bonds. The maximum atomic E-state index is 12.1. The summed E-state index contributed by atoms with van der Waals surface area (Å²) in [5, 5.41) is 12.0. The van der Waals surface area contributed by atoms with Crippen LogP contribution >= 0.6 is 0 Å². The van der Waals surface area contributed by atoms with Gasteiger partial charge in [0.05, 0.1) is 11.8 Å². The molecule has 110 valence electrons. The highest BCUT2D eigenvalue weighted by atomic mass is 16.4. The second-order valence-corrected chi connectivity index (χ2v) is 5.99. The SMILES string of the molecule is CC1CC(C(=O)O)C(C(=O)NCCN(C)C(C)C)C1. The molecule has 1 saturated carbocycles. The van der Waals surface area contributed by atoms with Crippen LogP contribution in [0.1, 0.15) is 33.6 Å². The lowest BCUT2D eigenvalue weighted by Gasteiger charge is -2.22. The fraction of sp³-hybridized carbons (Fsp3) is 0.857. The average molecular weight is 270 g/mol. The van der Waals surface area contributed by atoms with Gasteiger partial charge in [-0.3, -0.25) is 9.59 Å². The van der Waals surface area contributed by atoms with Gasteiger partial charge in [0.1, 0.15) is 0 Å². The summed E-state index contributed by atoms with van der Waals surface area (Å²) in [7, 11) is 2.01. The first-order chi connectivity index (χ1) is 8.82. The van der Waals surface area contributed by atoms with Crippen molar-refractivity contribution in [3.8, 4) is 0 Å². The standard InChI is InChI=1S/C14H26N2O3/c1-9(2)16(4)6-5-15-13(17)11-7-10(3)8-12(11)14(18)19/h9-12H,5-8H2,1-4H3,(H,15,17)(H,18,19). The van der Waals surface area contributed by atoms with Crippen molar-refractivity contribution in [1.82, 2.24) is 10.2 Å². The zero-order valence-electron chi connectivity index (χ0n) is 12.3. The lowest BCUT2D eigenvalue weighted by Crippen LogP contribution is -2.40. The largest absolute Gasteiger partial charge is 0.481 e. The van der Waals surface area contributed by atoms with E-state index in [0.717, 1.165) is 6.54 Å². The third-order valence-electron chi connectivity index (χ3n) is 4.10. The number of carbonyl (C=O) groups is 2. The number of carboxylic acids is 1. The second kappa shape index (κ2) is 6.89. The summed E-state index contributed by atoms with van der Waals surface area (Å²) < 4.78 is 0. The van der Waals surface area contributed by atoms with Crippen LogP contribution in [0.2, 0.25) is 0 Å². The smallest absolute Gasteiger partial charge is 0.307 e. The zero-order chi connectivity index (χ0) is 14.6. The van der Waals surface area contributed by atoms with Gasteiger partial charge < -0.3 is 15.3 Å². The molecular weight excluding hydrogens is 244 g/mol. The van der Waals surface area contributed by atoms with E-state index in [1.54, 1.807) is 0 Å². The molecule has 1 aliphatic rings. The van der Waals surface area contributed by atoms with Gasteiger partial charge in [-0.15, -0.1) is 0 Å². The summed E-state index contributed by atoms with van der Waals surface area (Å²) in [5.74, 6) is -1.51. The normalized spacial score (nSPS) is 26.9. The number of carbonyl (C=O) groups excluding carboxylic acids is 1. The summed E-state index contributed by atoms with van der Waals surface area (Å²) in [6, 6.07) is 0.440. The van der Waals surface area contributed by atoms with E-state index in [0.29, 0.717) is 31.3 Å². The molecule has 0 heterocycles. The average Bonchev–Trinajstić information content (AvgIpc) is 2.71. The van der Waals surface area contributed by atoms with Gasteiger partial charge in [0.15, 0.2) is 0 Å². The molecule has 5 nitrogen and oxygen atoms in total. The summed E-state index contributed by atoms with van der Waals surface area (Å²) in [4.78, 5) is 25.4. The van der Waals surface area contributed by atoms with E-state index < -0.39 is 11.9 Å². The molecule has 3 unspecified atom stereocenters. The zero-order valence-corrected chi connectivity index (χ0v) is 12.3. The van der Waals surface area contributed by atoms with Gasteiger partial charge in [-0.2, -0.15) is 0 Å². The third-order valence-corrected chi connectivity index (χ3v) is 4.10. The van der Waals surface area contributed by atoms with Gasteiger partial charge in [-0.05, 0) is 39.7 Å². The molecule has 1 fully saturated rings. The maximum Gasteiger partial charge on any atom is 0.307 e. The van der Waals surface area contributed by atoms with E-state index in [2.05, 4.69) is 24.1 Å². The van der Waals surface area contributed by atoms with Crippen LogP contribution in [0.3, 0.4) is 0 Å². The minimum absolute atomic E-state index is 0.103. The molecule has 0 saturated heterocycles. The number of aliphatic carboxylic acids is 1. The summed E-state index contributed by atoms with van der Waals surface area (Å²) in [5.41, 5.74) is 0. The minimum atomic E-state index is -0.844. The van der Waals surface area contributed by atoms with Crippen LogP contribution in [0.15, 0.2) is 0 Å². The molecule has 19 heavy (non-hydrogen) atoms. The molecule has 1 aliphatic carbocycles. The quantitative estimate of drug-likeness (QED) is 0.760. The van der Waals surface area contributed by atoms with E-state index in [9.17, 15) is 9.59 Å². The number of hydrogen-bond acceptors (Lipinski definition) is 3. The summed E-state index contributed by atoms with van der Waals surface area (Å²) in [6.45, 7) is 7.56. The molecule has 0 bridgehead atoms. The fourth-order valence-electron chi connectivity index (χ4n) is 2.60. The molecular formula is C14H26N2O3. The Kier molecular flexibility index (Phi) is 5.79. The van der Waals surface area contributed by atoms with Gasteiger partial charge in [0.2, 0.25) is 5.91 Å². The number of nitrogens with one attached hydrogen (secondary N) is 1. The van der Waals surface area contributed by atoms with Crippen LogP contribution in [0.5, 0.6) is 0 Å². The van der Waals surface area contributed by atoms with Crippen molar-refractivity contribution in [3.63, 3.8) is 0 Å². The van der Waals surface area contributed by atoms with Gasteiger partial charge >= 0.3 is 5.97 Å². The highest BCUT2D eigenvalue weighted by Gasteiger charge is 2.40. The molecule has 5 heteroatoms. The lowest BCUT2D eigenvalue weighted by molar-refractivity contribution is -0.146. The predicted octanol–water partition coefficient (Wildman–Crippen LogP) is 1.19. The molecule has 0 radical (unpaired) electrons. The van der Waals surface area contributed by atoms with Crippen LogP contribution in [0.4, 0.5) is 0 Å². The van der Waals surface area contributed by atoms with Crippen LogP contribution in [-0.4, -0.2) is 48.1 Å². The topological polar surface area (TPSA) is 69.6 Å². The highest BCUT2D eigenvalue weighted by Crippen LogP contribution is 2.36. The first-order valence-corrected chi connectivity index (χ1v) is 7.03. The van der Waals surface area contributed by atoms with Crippen molar-refractivity contribution in [1.29, 1.82) is 0 Å². The number of likely N-dealkylation sites (N-methyl/N-ethyl adjacent to an activating group) is 1. The van der Waals surface area contributed by atoms with E-state index in [4.69, 9.17) is 5.11 Å². The van der Waals surface area contributed by atoms with Crippen molar-refractivity contribution in [2.45, 2.75) is 39.7 Å². The molecule has 1 rings (SSSR count). The molecule has 0 aromatic rings. The van der Waals surface area contributed by atoms with Crippen molar-refractivity contribution in [2.75, 3.05) is 20.1 Å². The number of amides is 1. The van der Waals surface area contributed by atoms with Gasteiger partial charge in [-0.1, -0.05) is 6.92 Å². The molecule has 3 atom stereocenters. The highest BCUT2D eigenvalue weighted by molar-refractivity contribution is 5.85. The molecule has 0 spiro atoms. The lowest BCUT2D eigenvalue weighted by atomic mass is 9.95. The van der Waals surface area contributed by atoms with Crippen LogP contribution < -0.4 is 5.32 Å². The predicted molar refractivity (Wildman–Crippen MR) is 73.8 cm³/mol. The first kappa shape index (κ1) is 16.0. The third kappa shape index (κ3) is 4.49. The first-order valence-electron chi connectivity index (χ1n) is 7.03. The van der Waals surface area contributed by atoms with Gasteiger partial charge in [-0.25, -0.2) is 0 Å². The maximum absolute atomic E-state index is 12.1. The fourth-order valence-corrected chi connectivity index (χ4v) is 2.60. The van der Waals surface area contributed by atoms with Crippen molar-refractivity contribution in [3.05, 3.63) is 0 Å². The Morgan fingerprint density at radius 2 is 1.89 bits per heavy atom. The van der Waals surface area contributed by atoms with Gasteiger partial charge in [0.25, 0.3) is 0 Å². The van der Waals surface area contributed by atoms with Crippen LogP contribution in [0, 0.1) is 17.8 Å². The Labute approximate surface area is 115 Å². The Morgan fingerprint density at radius 1 is 1.32 bits per heavy atom. The second-order valence-electron chi connectivity index (χ2n) is 5.99. The number of nitrogens with zero attached hydrogens (tertiary/aromatic N) is 1. The number of hydrogen-bond donors (Lipinski definition) is 2. The molecule has 2 N–H and O–H groups in total. The molecule has 0 aromatic heterocycles. The van der Waals surface area contributed by atoms with Crippen molar-refractivity contribution < 1.29 is 14.7 Å². The summed E-state index contributed by atoms with van der Waals surface area (Å²) >= 11 is 0. The Balaban J connectivity index is 2.42. The van der Waals surface area contributed by atoms with Crippen molar-refractivity contribution >= 4 is 11.9 Å². The van der Waals surface area contributed by atoms with Crippen LogP contribution in [0.25, 0.3) is 0 Å². The van der Waals surface area contributed by atoms with E-state index in [1.165, 1.54) is 0 Å². The Bertz CT molecular complexity index is 331.